The molecule has 2 N–H and O–H groups in total. The predicted molar refractivity (Wildman–Crippen MR) is 83.9 cm³/mol. The van der Waals surface area contributed by atoms with Crippen LogP contribution in [0.5, 0.6) is 0 Å². The third-order valence-corrected chi connectivity index (χ3v) is 5.08. The van der Waals surface area contributed by atoms with E-state index >= 15 is 0 Å². The first-order valence-electron chi connectivity index (χ1n) is 7.73. The quantitative estimate of drug-likeness (QED) is 0.704. The summed E-state index contributed by atoms with van der Waals surface area (Å²) < 4.78 is 29.3. The Morgan fingerprint density at radius 1 is 1.25 bits per heavy atom. The molecule has 0 aromatic carbocycles. The number of piperidine rings is 1. The molecule has 0 bridgehead atoms. The summed E-state index contributed by atoms with van der Waals surface area (Å²) in [6.07, 6.45) is 4.10. The van der Waals surface area contributed by atoms with Crippen molar-refractivity contribution in [2.45, 2.75) is 59.4 Å². The van der Waals surface area contributed by atoms with Gasteiger partial charge in [-0.2, -0.15) is 12.7 Å². The summed E-state index contributed by atoms with van der Waals surface area (Å²) in [5, 5.41) is 3.35. The molecule has 1 heterocycles. The fourth-order valence-corrected chi connectivity index (χ4v) is 4.05. The largest absolute Gasteiger partial charge is 0.315 e. The molecule has 0 aromatic heterocycles. The second-order valence-corrected chi connectivity index (χ2v) is 8.56. The third-order valence-electron chi connectivity index (χ3n) is 3.47. The molecule has 1 rings (SSSR count). The number of hydrogen-bond acceptors (Lipinski definition) is 3. The van der Waals surface area contributed by atoms with Crippen LogP contribution in [0.2, 0.25) is 0 Å². The van der Waals surface area contributed by atoms with Crippen LogP contribution >= 0.6 is 0 Å². The topological polar surface area (TPSA) is 61.4 Å². The van der Waals surface area contributed by atoms with Gasteiger partial charge in [0.05, 0.1) is 0 Å². The molecule has 5 nitrogen and oxygen atoms in total. The van der Waals surface area contributed by atoms with Crippen molar-refractivity contribution in [3.8, 4) is 0 Å². The number of nitrogens with one attached hydrogen (secondary N) is 2. The smallest absolute Gasteiger partial charge is 0.279 e. The molecule has 1 saturated heterocycles. The molecule has 0 aliphatic carbocycles. The van der Waals surface area contributed by atoms with Gasteiger partial charge in [-0.25, -0.2) is 4.72 Å². The van der Waals surface area contributed by atoms with Crippen LogP contribution in [0.25, 0.3) is 0 Å². The van der Waals surface area contributed by atoms with Crippen LogP contribution in [0, 0.1) is 5.41 Å². The van der Waals surface area contributed by atoms with Gasteiger partial charge in [0, 0.05) is 25.7 Å². The number of hydrogen-bond donors (Lipinski definition) is 2. The summed E-state index contributed by atoms with van der Waals surface area (Å²) in [4.78, 5) is 0. The van der Waals surface area contributed by atoms with Crippen LogP contribution < -0.4 is 10.0 Å². The zero-order valence-corrected chi connectivity index (χ0v) is 14.2. The molecule has 1 fully saturated rings. The van der Waals surface area contributed by atoms with Crippen LogP contribution in [0.15, 0.2) is 0 Å². The second kappa shape index (κ2) is 7.73. The molecule has 20 heavy (non-hydrogen) atoms. The Hall–Kier alpha value is -0.170. The minimum Gasteiger partial charge on any atom is -0.315 e. The summed E-state index contributed by atoms with van der Waals surface area (Å²) in [6, 6.07) is 0.0905. The first kappa shape index (κ1) is 17.9. The standard InChI is InChI=1S/C14H31N3O2S/c1-5-9-15-11-13-8-6-7-10-17(13)20(18,19)16-12-14(2,3)4/h13,15-16H,5-12H2,1-4H3. The van der Waals surface area contributed by atoms with E-state index in [9.17, 15) is 8.42 Å². The van der Waals surface area contributed by atoms with Gasteiger partial charge in [0.15, 0.2) is 0 Å². The van der Waals surface area contributed by atoms with E-state index in [0.29, 0.717) is 13.1 Å². The summed E-state index contributed by atoms with van der Waals surface area (Å²) in [5.41, 5.74) is -0.0428. The lowest BCUT2D eigenvalue weighted by molar-refractivity contribution is 0.241. The van der Waals surface area contributed by atoms with Crippen LogP contribution in [0.4, 0.5) is 0 Å². The van der Waals surface area contributed by atoms with E-state index in [1.807, 2.05) is 20.8 Å². The highest BCUT2D eigenvalue weighted by molar-refractivity contribution is 7.87. The first-order chi connectivity index (χ1) is 9.26. The number of nitrogens with zero attached hydrogens (tertiary/aromatic N) is 1. The number of rotatable bonds is 7. The monoisotopic (exact) mass is 305 g/mol. The fourth-order valence-electron chi connectivity index (χ4n) is 2.33. The van der Waals surface area contributed by atoms with Gasteiger partial charge in [0.25, 0.3) is 10.2 Å². The third kappa shape index (κ3) is 6.08. The maximum absolute atomic E-state index is 12.5. The molecule has 0 saturated carbocycles. The molecule has 6 heteroatoms. The minimum absolute atomic E-state index is 0.0428. The van der Waals surface area contributed by atoms with Crippen molar-refractivity contribution < 1.29 is 8.42 Å². The second-order valence-electron chi connectivity index (χ2n) is 6.85. The highest BCUT2D eigenvalue weighted by Crippen LogP contribution is 2.20. The van der Waals surface area contributed by atoms with Gasteiger partial charge < -0.3 is 5.32 Å². The van der Waals surface area contributed by atoms with Gasteiger partial charge in [-0.05, 0) is 31.2 Å². The Balaban J connectivity index is 2.63. The highest BCUT2D eigenvalue weighted by Gasteiger charge is 2.32. The zero-order chi connectivity index (χ0) is 15.2. The Bertz CT molecular complexity index is 376. The normalized spacial score (nSPS) is 22.1. The van der Waals surface area contributed by atoms with E-state index in [0.717, 1.165) is 38.8 Å². The van der Waals surface area contributed by atoms with Crippen LogP contribution in [-0.4, -0.2) is 44.9 Å². The molecule has 0 aromatic rings. The lowest BCUT2D eigenvalue weighted by Gasteiger charge is -2.35. The van der Waals surface area contributed by atoms with Crippen molar-refractivity contribution >= 4 is 10.2 Å². The van der Waals surface area contributed by atoms with Gasteiger partial charge in [0.2, 0.25) is 0 Å². The minimum atomic E-state index is -3.36. The molecule has 120 valence electrons. The Labute approximate surface area is 124 Å². The van der Waals surface area contributed by atoms with E-state index in [-0.39, 0.29) is 11.5 Å². The van der Waals surface area contributed by atoms with Crippen molar-refractivity contribution in [3.05, 3.63) is 0 Å². The fraction of sp³-hybridized carbons (Fsp3) is 1.00. The van der Waals surface area contributed by atoms with Crippen molar-refractivity contribution in [1.82, 2.24) is 14.3 Å². The summed E-state index contributed by atoms with van der Waals surface area (Å²) in [6.45, 7) is 11.0. The van der Waals surface area contributed by atoms with E-state index in [4.69, 9.17) is 0 Å². The van der Waals surface area contributed by atoms with Crippen molar-refractivity contribution in [2.75, 3.05) is 26.2 Å². The van der Waals surface area contributed by atoms with E-state index in [2.05, 4.69) is 17.0 Å². The van der Waals surface area contributed by atoms with Gasteiger partial charge >= 0.3 is 0 Å². The van der Waals surface area contributed by atoms with E-state index < -0.39 is 10.2 Å². The average molecular weight is 305 g/mol. The van der Waals surface area contributed by atoms with E-state index in [1.54, 1.807) is 4.31 Å². The highest BCUT2D eigenvalue weighted by atomic mass is 32.2. The molecule has 1 aliphatic rings. The molecule has 0 radical (unpaired) electrons. The first-order valence-corrected chi connectivity index (χ1v) is 9.17. The molecule has 1 unspecified atom stereocenters. The van der Waals surface area contributed by atoms with Gasteiger partial charge in [-0.1, -0.05) is 34.1 Å². The summed E-state index contributed by atoms with van der Waals surface area (Å²) in [7, 11) is -3.36. The molecule has 0 spiro atoms. The average Bonchev–Trinajstić information content (AvgIpc) is 2.37. The van der Waals surface area contributed by atoms with Gasteiger partial charge in [0.1, 0.15) is 0 Å². The summed E-state index contributed by atoms with van der Waals surface area (Å²) >= 11 is 0. The van der Waals surface area contributed by atoms with Crippen molar-refractivity contribution in [1.29, 1.82) is 0 Å². The summed E-state index contributed by atoms with van der Waals surface area (Å²) in [5.74, 6) is 0. The predicted octanol–water partition coefficient (Wildman–Crippen LogP) is 1.72. The molecule has 1 aliphatic heterocycles. The van der Waals surface area contributed by atoms with Crippen LogP contribution in [0.1, 0.15) is 53.4 Å². The molecule has 1 atom stereocenters. The maximum atomic E-state index is 12.5. The van der Waals surface area contributed by atoms with Crippen LogP contribution in [-0.2, 0) is 10.2 Å². The molecule has 0 amide bonds. The van der Waals surface area contributed by atoms with Gasteiger partial charge in [-0.3, -0.25) is 0 Å². The van der Waals surface area contributed by atoms with Crippen LogP contribution in [0.3, 0.4) is 0 Å². The molecular weight excluding hydrogens is 274 g/mol. The van der Waals surface area contributed by atoms with Crippen molar-refractivity contribution in [3.63, 3.8) is 0 Å². The molecular formula is C14H31N3O2S. The Morgan fingerprint density at radius 3 is 2.55 bits per heavy atom. The SMILES string of the molecule is CCCNCC1CCCCN1S(=O)(=O)NCC(C)(C)C. The van der Waals surface area contributed by atoms with Gasteiger partial charge in [-0.15, -0.1) is 0 Å². The Kier molecular flexibility index (Phi) is 6.91. The van der Waals surface area contributed by atoms with Crippen molar-refractivity contribution in [2.24, 2.45) is 5.41 Å². The lowest BCUT2D eigenvalue weighted by Crippen LogP contribution is -2.53. The zero-order valence-electron chi connectivity index (χ0n) is 13.4. The maximum Gasteiger partial charge on any atom is 0.279 e. The lowest BCUT2D eigenvalue weighted by atomic mass is 9.98. The Morgan fingerprint density at radius 2 is 1.95 bits per heavy atom. The van der Waals surface area contributed by atoms with E-state index in [1.165, 1.54) is 0 Å².